The van der Waals surface area contributed by atoms with Gasteiger partial charge in [-0.15, -0.1) is 6.58 Å². The minimum atomic E-state index is -3.79. The van der Waals surface area contributed by atoms with E-state index < -0.39 is 10.1 Å². The van der Waals surface area contributed by atoms with E-state index in [0.29, 0.717) is 0 Å². The van der Waals surface area contributed by atoms with Crippen LogP contribution in [-0.4, -0.2) is 51.4 Å². The zero-order chi connectivity index (χ0) is 10.4. The Kier molecular flexibility index (Phi) is 6.24. The molecule has 0 fully saturated rings. The Morgan fingerprint density at radius 3 is 1.58 bits per heavy atom. The van der Waals surface area contributed by atoms with Crippen molar-refractivity contribution < 1.29 is 17.5 Å². The second-order valence-corrected chi connectivity index (χ2v) is 5.22. The van der Waals surface area contributed by atoms with Crippen LogP contribution in [0.4, 0.5) is 0 Å². The Labute approximate surface area is 74.8 Å². The lowest BCUT2D eigenvalue weighted by molar-refractivity contribution is -0.849. The summed E-state index contributed by atoms with van der Waals surface area (Å²) >= 11 is 0. The molecule has 74 valence electrons. The van der Waals surface area contributed by atoms with Crippen LogP contribution in [0.5, 0.6) is 0 Å². The van der Waals surface area contributed by atoms with Crippen molar-refractivity contribution in [3.63, 3.8) is 0 Å². The highest BCUT2D eigenvalue weighted by molar-refractivity contribution is 7.85. The van der Waals surface area contributed by atoms with Crippen LogP contribution < -0.4 is 0 Å². The van der Waals surface area contributed by atoms with Gasteiger partial charge < -0.3 is 4.48 Å². The predicted molar refractivity (Wildman–Crippen MR) is 50.6 cm³/mol. The average Bonchev–Trinajstić information content (AvgIpc) is 1.54. The highest BCUT2D eigenvalue weighted by Gasteiger charge is 1.95. The monoisotopic (exact) mass is 196 g/mol. The van der Waals surface area contributed by atoms with Crippen molar-refractivity contribution in [1.29, 1.82) is 0 Å². The Morgan fingerprint density at radius 2 is 1.58 bits per heavy atom. The number of rotatable bonds is 2. The number of hydrogen-bond acceptors (Lipinski definition) is 2. The fourth-order valence-corrected chi connectivity index (χ4v) is 0.447. The zero-order valence-electron chi connectivity index (χ0n) is 8.11. The van der Waals surface area contributed by atoms with E-state index in [1.165, 1.54) is 0 Å². The Morgan fingerprint density at radius 1 is 1.33 bits per heavy atom. The predicted octanol–water partition coefficient (Wildman–Crippen LogP) is 0.383. The minimum absolute atomic E-state index is 0.368. The van der Waals surface area contributed by atoms with Crippen LogP contribution in [0, 0.1) is 0 Å². The quantitative estimate of drug-likeness (QED) is 0.395. The SMILES string of the molecule is C=CCS(=O)(=O)O.C[N+](C)(C)C. The van der Waals surface area contributed by atoms with Gasteiger partial charge in [-0.3, -0.25) is 4.55 Å². The van der Waals surface area contributed by atoms with E-state index >= 15 is 0 Å². The van der Waals surface area contributed by atoms with E-state index in [2.05, 4.69) is 34.8 Å². The maximum absolute atomic E-state index is 9.72. The third-order valence-corrected chi connectivity index (χ3v) is 0.985. The molecule has 0 heterocycles. The molecule has 0 saturated carbocycles. The van der Waals surface area contributed by atoms with Gasteiger partial charge in [-0.1, -0.05) is 6.08 Å². The molecule has 1 N–H and O–H groups in total. The topological polar surface area (TPSA) is 54.4 Å². The van der Waals surface area contributed by atoms with Gasteiger partial charge in [0.05, 0.1) is 33.9 Å². The Hall–Kier alpha value is -0.390. The second-order valence-electron chi connectivity index (χ2n) is 3.72. The van der Waals surface area contributed by atoms with Crippen LogP contribution in [0.25, 0.3) is 0 Å². The summed E-state index contributed by atoms with van der Waals surface area (Å²) in [6.07, 6.45) is 1.12. The second kappa shape index (κ2) is 5.29. The summed E-state index contributed by atoms with van der Waals surface area (Å²) in [5.41, 5.74) is 0. The summed E-state index contributed by atoms with van der Waals surface area (Å²) in [5.74, 6) is -0.368. The van der Waals surface area contributed by atoms with Gasteiger partial charge in [0.25, 0.3) is 10.1 Å². The summed E-state index contributed by atoms with van der Waals surface area (Å²) in [6.45, 7) is 3.11. The van der Waals surface area contributed by atoms with Gasteiger partial charge in [-0.2, -0.15) is 8.42 Å². The fourth-order valence-electron chi connectivity index (χ4n) is 0.149. The Balaban J connectivity index is 0. The molecule has 0 aliphatic rings. The number of hydrogen-bond donors (Lipinski definition) is 1. The molecule has 0 radical (unpaired) electrons. The smallest absolute Gasteiger partial charge is 0.268 e. The van der Waals surface area contributed by atoms with Crippen LogP contribution in [0.1, 0.15) is 0 Å². The first-order chi connectivity index (χ1) is 5.06. The Bertz CT molecular complexity index is 207. The first-order valence-electron chi connectivity index (χ1n) is 3.41. The molecule has 0 saturated heterocycles. The maximum atomic E-state index is 9.72. The lowest BCUT2D eigenvalue weighted by Gasteiger charge is -2.14. The highest BCUT2D eigenvalue weighted by Crippen LogP contribution is 1.78. The summed E-state index contributed by atoms with van der Waals surface area (Å²) in [7, 11) is 4.71. The molecule has 12 heavy (non-hydrogen) atoms. The highest BCUT2D eigenvalue weighted by atomic mass is 32.2. The third-order valence-electron chi connectivity index (χ3n) is 0.328. The molecule has 0 rings (SSSR count). The average molecular weight is 196 g/mol. The zero-order valence-corrected chi connectivity index (χ0v) is 8.93. The maximum Gasteiger partial charge on any atom is 0.268 e. The van der Waals surface area contributed by atoms with E-state index in [0.717, 1.165) is 10.6 Å². The molecular formula is C7H18NO3S+. The van der Waals surface area contributed by atoms with Crippen LogP contribution in [-0.2, 0) is 10.1 Å². The van der Waals surface area contributed by atoms with Gasteiger partial charge in [-0.05, 0) is 0 Å². The van der Waals surface area contributed by atoms with E-state index in [9.17, 15) is 8.42 Å². The largest absolute Gasteiger partial charge is 0.333 e. The first-order valence-corrected chi connectivity index (χ1v) is 5.02. The molecular weight excluding hydrogens is 178 g/mol. The van der Waals surface area contributed by atoms with E-state index in [1.807, 2.05) is 0 Å². The molecule has 0 amide bonds. The molecule has 0 aromatic rings. The van der Waals surface area contributed by atoms with Gasteiger partial charge in [0.1, 0.15) is 0 Å². The molecule has 0 aliphatic heterocycles. The van der Waals surface area contributed by atoms with E-state index in [4.69, 9.17) is 4.55 Å². The van der Waals surface area contributed by atoms with Gasteiger partial charge >= 0.3 is 0 Å². The molecule has 5 heteroatoms. The summed E-state index contributed by atoms with van der Waals surface area (Å²) < 4.78 is 28.3. The molecule has 0 aromatic carbocycles. The molecule has 0 bridgehead atoms. The van der Waals surface area contributed by atoms with Crippen LogP contribution >= 0.6 is 0 Å². The van der Waals surface area contributed by atoms with Crippen molar-refractivity contribution in [3.05, 3.63) is 12.7 Å². The van der Waals surface area contributed by atoms with Crippen molar-refractivity contribution in [2.45, 2.75) is 0 Å². The molecule has 0 unspecified atom stereocenters. The summed E-state index contributed by atoms with van der Waals surface area (Å²) in [5, 5.41) is 0. The van der Waals surface area contributed by atoms with Crippen molar-refractivity contribution in [2.24, 2.45) is 0 Å². The molecule has 0 aliphatic carbocycles. The van der Waals surface area contributed by atoms with Crippen molar-refractivity contribution in [1.82, 2.24) is 0 Å². The van der Waals surface area contributed by atoms with Gasteiger partial charge in [0, 0.05) is 0 Å². The van der Waals surface area contributed by atoms with E-state index in [-0.39, 0.29) is 5.75 Å². The third kappa shape index (κ3) is 54.7. The number of nitrogens with zero attached hydrogens (tertiary/aromatic N) is 1. The van der Waals surface area contributed by atoms with E-state index in [1.54, 1.807) is 0 Å². The van der Waals surface area contributed by atoms with Gasteiger partial charge in [0.2, 0.25) is 0 Å². The molecule has 4 nitrogen and oxygen atoms in total. The lowest BCUT2D eigenvalue weighted by atomic mass is 10.8. The van der Waals surface area contributed by atoms with Gasteiger partial charge in [0.15, 0.2) is 0 Å². The van der Waals surface area contributed by atoms with Crippen molar-refractivity contribution in [3.8, 4) is 0 Å². The first kappa shape index (κ1) is 14.2. The minimum Gasteiger partial charge on any atom is -0.333 e. The lowest BCUT2D eigenvalue weighted by Crippen LogP contribution is -2.27. The van der Waals surface area contributed by atoms with Crippen LogP contribution in [0.15, 0.2) is 12.7 Å². The van der Waals surface area contributed by atoms with Crippen molar-refractivity contribution >= 4 is 10.1 Å². The standard InChI is InChI=1S/C4H12N.C3H6O3S/c1-5(2,3)4;1-2-3-7(4,5)6/h1-4H3;2H,1,3H2,(H,4,5,6)/q+1;. The van der Waals surface area contributed by atoms with Gasteiger partial charge in [-0.25, -0.2) is 0 Å². The fraction of sp³-hybridized carbons (Fsp3) is 0.714. The molecule has 0 atom stereocenters. The van der Waals surface area contributed by atoms with Crippen LogP contribution in [0.2, 0.25) is 0 Å². The molecule has 0 aromatic heterocycles. The number of quaternary nitrogens is 1. The molecule has 0 spiro atoms. The summed E-state index contributed by atoms with van der Waals surface area (Å²) in [6, 6.07) is 0. The summed E-state index contributed by atoms with van der Waals surface area (Å²) in [4.78, 5) is 0. The van der Waals surface area contributed by atoms with Crippen LogP contribution in [0.3, 0.4) is 0 Å². The normalized spacial score (nSPS) is 11.4. The van der Waals surface area contributed by atoms with Crippen molar-refractivity contribution in [2.75, 3.05) is 33.9 Å².